The Bertz CT molecular complexity index is 11900. The van der Waals surface area contributed by atoms with Crippen LogP contribution in [0.5, 0.6) is 0 Å². The highest BCUT2D eigenvalue weighted by atomic mass is 14.3. The first kappa shape index (κ1) is 59.6. The molecule has 0 aliphatic carbocycles. The minimum Gasteiger partial charge on any atom is -0.0622 e. The van der Waals surface area contributed by atoms with Gasteiger partial charge in [-0.25, -0.2) is 0 Å². The van der Waals surface area contributed by atoms with Crippen LogP contribution in [0.2, 0.25) is 0 Å². The van der Waals surface area contributed by atoms with Gasteiger partial charge in [0, 0.05) is 0 Å². The maximum Gasteiger partial charge on any atom is 0.0629 e. The van der Waals surface area contributed by atoms with Crippen LogP contribution < -0.4 is 0 Å². The Balaban J connectivity index is 0.000000114. The lowest BCUT2D eigenvalue weighted by Crippen LogP contribution is -1.92. The van der Waals surface area contributed by atoms with E-state index in [2.05, 4.69) is 30.3 Å². The third-order valence-corrected chi connectivity index (χ3v) is 27.6. The zero-order valence-corrected chi connectivity index (χ0v) is 78.0. The molecule has 29 rings (SSSR count). The fourth-order valence-electron chi connectivity index (χ4n) is 21.1. The van der Waals surface area contributed by atoms with E-state index in [1.165, 1.54) is 0 Å². The number of rotatable bonds is 11. The predicted molar refractivity (Wildman–Crippen MR) is 631 cm³/mol. The number of hydrogen-bond acceptors (Lipinski definition) is 0. The minimum absolute atomic E-state index is 0.208. The monoisotopic (exact) mass is 1880 g/mol. The number of hydrogen-bond donors (Lipinski definition) is 0. The molecule has 0 atom stereocenters. The van der Waals surface area contributed by atoms with Crippen LogP contribution in [0.4, 0.5) is 0 Å². The summed E-state index contributed by atoms with van der Waals surface area (Å²) in [7, 11) is 0. The second-order valence-electron chi connectivity index (χ2n) is 35.7. The van der Waals surface area contributed by atoms with Gasteiger partial charge < -0.3 is 0 Å². The average Bonchev–Trinajstić information content (AvgIpc) is 0.705. The standard InChI is InChI=1S/C40H26.2C36H24.C34H22/c1-2-12-31-26-32(25-22-27(31)10-1)28-20-23-30(24-21-28)39-35-15-5-7-17-37(35)40(38-18-8-6-16-36(38)39)34-19-9-13-29-11-3-4-14-33(29)34;1-3-13-25(14-4-1)28-23-27-17-7-8-18-29(27)34(24-28)36-32-21-11-9-19-30(32)35(26-15-5-2-6-16-26)31-20-10-12-22-33(31)36;1-3-13-25(14-4-1)27-23-24-34(29-18-8-7-17-28(27)29)36-32-21-11-9-19-30(32)35(26-15-5-2-6-16-26)31-20-10-12-22-33(31)36;1-2-12-25-22-26(21-20-23(25)10-1)33-29-15-5-7-17-31(29)34(32-18-8-6-16-30(32)33)28-19-9-13-24-11-3-4-14-27(24)28/h1-26H;2*1-24H;1-22H/i5D,6D,7D,8D,15D,16D,17D,18D;2*9D,10D,11D,12D,19D,20D,21D,22D;5D,6D,7D,8D,15D,16D,17D,18D. The SMILES string of the molecule is [2H]c1c([2H])c([2H])c2c(-c3cc(-c4ccccc4)cc4ccccc34)c3c([2H])c([2H])c([2H])c([2H])c3c(-c3ccccc3)c2c1[2H].[2H]c1c([2H])c([2H])c2c(-c3ccc(-c4ccccc4)c4ccccc34)c3c([2H])c([2H])c([2H])c([2H])c3c(-c3ccccc3)c2c1[2H].[2H]c1c([2H])c([2H])c2c(-c3cccc4ccccc34)c3c([2H])c([2H])c([2H])c([2H])c3c(-c3ccc(-c4ccc5ccccc5c4)cc3)c2c1[2H].[2H]c1c([2H])c([2H])c2c(-c3cccc4ccccc34)c3c([2H])c([2H])c([2H])c([2H])c3c(-c3ccc4ccccc4c3)c2c1[2H]. The summed E-state index contributed by atoms with van der Waals surface area (Å²) in [5.74, 6) is 0. The van der Waals surface area contributed by atoms with Gasteiger partial charge in [0.05, 0.1) is 43.9 Å². The molecule has 0 spiro atoms. The summed E-state index contributed by atoms with van der Waals surface area (Å²) in [5, 5.41) is 14.3. The molecule has 0 N–H and O–H groups in total. The van der Waals surface area contributed by atoms with E-state index < -0.39 is 96.7 Å². The van der Waals surface area contributed by atoms with Crippen LogP contribution in [-0.2, 0) is 0 Å². The van der Waals surface area contributed by atoms with Gasteiger partial charge in [-0.3, -0.25) is 0 Å². The summed E-state index contributed by atoms with van der Waals surface area (Å²) in [6, 6.07) is 112. The molecule has 0 heterocycles. The van der Waals surface area contributed by atoms with Crippen LogP contribution in [-0.4, -0.2) is 0 Å². The molecule has 0 fully saturated rings. The largest absolute Gasteiger partial charge is 0.0629 e. The normalized spacial score (nSPS) is 14.5. The van der Waals surface area contributed by atoms with Crippen molar-refractivity contribution in [1.29, 1.82) is 0 Å². The molecule has 29 aromatic rings. The molecule has 0 nitrogen and oxygen atoms in total. The highest BCUT2D eigenvalue weighted by molar-refractivity contribution is 6.29. The maximum atomic E-state index is 9.21. The topological polar surface area (TPSA) is 0 Å². The zero-order chi connectivity index (χ0) is 125. The fraction of sp³-hybridized carbons (Fsp3) is 0. The second-order valence-corrected chi connectivity index (χ2v) is 35.7. The Morgan fingerprint density at radius 3 is 0.692 bits per heavy atom. The van der Waals surface area contributed by atoms with Crippen molar-refractivity contribution in [1.82, 2.24) is 0 Å². The van der Waals surface area contributed by atoms with Gasteiger partial charge in [0.25, 0.3) is 0 Å². The van der Waals surface area contributed by atoms with Gasteiger partial charge in [-0.1, -0.05) is 557 Å². The first-order valence-corrected chi connectivity index (χ1v) is 48.0. The van der Waals surface area contributed by atoms with Gasteiger partial charge in [-0.2, -0.15) is 0 Å². The molecule has 0 unspecified atom stereocenters. The van der Waals surface area contributed by atoms with E-state index in [-0.39, 0.29) is 183 Å². The van der Waals surface area contributed by atoms with Gasteiger partial charge in [0.1, 0.15) is 0 Å². The van der Waals surface area contributed by atoms with Crippen molar-refractivity contribution in [2.24, 2.45) is 0 Å². The van der Waals surface area contributed by atoms with Crippen LogP contribution in [0, 0.1) is 0 Å². The highest BCUT2D eigenvalue weighted by Crippen LogP contribution is 2.53. The molecule has 0 saturated heterocycles. The van der Waals surface area contributed by atoms with Crippen molar-refractivity contribution < 1.29 is 43.9 Å². The van der Waals surface area contributed by atoms with Crippen molar-refractivity contribution in [2.75, 3.05) is 0 Å². The molecule has 29 aromatic carbocycles. The van der Waals surface area contributed by atoms with Crippen molar-refractivity contribution in [3.05, 3.63) is 582 Å². The lowest BCUT2D eigenvalue weighted by atomic mass is 9.84. The first-order valence-electron chi connectivity index (χ1n) is 64.0. The van der Waals surface area contributed by atoms with E-state index in [1.807, 2.05) is 309 Å². The lowest BCUT2D eigenvalue weighted by molar-refractivity contribution is 1.63. The van der Waals surface area contributed by atoms with Crippen molar-refractivity contribution in [3.63, 3.8) is 0 Å². The minimum atomic E-state index is -0.411. The Morgan fingerprint density at radius 2 is 0.315 bits per heavy atom. The van der Waals surface area contributed by atoms with Gasteiger partial charge in [-0.15, -0.1) is 0 Å². The van der Waals surface area contributed by atoms with Crippen molar-refractivity contribution >= 4 is 151 Å². The summed E-state index contributed by atoms with van der Waals surface area (Å²) in [6.07, 6.45) is 0. The second kappa shape index (κ2) is 38.2. The summed E-state index contributed by atoms with van der Waals surface area (Å²) in [6.45, 7) is 0. The van der Waals surface area contributed by atoms with Crippen molar-refractivity contribution in [2.45, 2.75) is 0 Å². The van der Waals surface area contributed by atoms with Crippen LogP contribution in [0.1, 0.15) is 43.9 Å². The molecule has 0 heteroatoms. The molecule has 0 bridgehead atoms. The molecule has 0 aromatic heterocycles. The Labute approximate surface area is 894 Å². The summed E-state index contributed by atoms with van der Waals surface area (Å²) < 4.78 is 285. The molecule has 0 radical (unpaired) electrons. The smallest absolute Gasteiger partial charge is 0.0622 e. The Kier molecular flexibility index (Phi) is 15.6. The first-order chi connectivity index (χ1) is 85.8. The van der Waals surface area contributed by atoms with Gasteiger partial charge in [-0.05, 0) is 297 Å². The molecule has 0 aliphatic heterocycles. The number of fused-ring (bicyclic) bond motifs is 14. The Hall–Kier alpha value is -19.0. The summed E-state index contributed by atoms with van der Waals surface area (Å²) in [4.78, 5) is 0. The molecule has 0 amide bonds. The van der Waals surface area contributed by atoms with E-state index in [4.69, 9.17) is 32.9 Å². The van der Waals surface area contributed by atoms with Crippen LogP contribution >= 0.6 is 0 Å². The molecule has 0 saturated carbocycles. The fourth-order valence-corrected chi connectivity index (χ4v) is 21.1. The van der Waals surface area contributed by atoms with Gasteiger partial charge in [0.15, 0.2) is 0 Å². The molecule has 146 heavy (non-hydrogen) atoms. The van der Waals surface area contributed by atoms with Crippen LogP contribution in [0.3, 0.4) is 0 Å². The van der Waals surface area contributed by atoms with E-state index in [0.717, 1.165) is 98.0 Å². The third kappa shape index (κ3) is 15.9. The molecular weight excluding hydrogens is 1750 g/mol. The number of benzene rings is 29. The van der Waals surface area contributed by atoms with E-state index in [9.17, 15) is 11.0 Å². The van der Waals surface area contributed by atoms with Crippen LogP contribution in [0.25, 0.3) is 273 Å². The highest BCUT2D eigenvalue weighted by Gasteiger charge is 2.26. The van der Waals surface area contributed by atoms with E-state index in [0.29, 0.717) is 89.0 Å². The van der Waals surface area contributed by atoms with Crippen LogP contribution in [0.15, 0.2) is 582 Å². The average molecular weight is 1880 g/mol. The quantitative estimate of drug-likeness (QED) is 0.113. The summed E-state index contributed by atoms with van der Waals surface area (Å²) in [5.41, 5.74) is 13.4. The lowest BCUT2D eigenvalue weighted by Gasteiger charge is -2.19. The molecular formula is C146H96. The molecule has 0 aliphatic rings. The van der Waals surface area contributed by atoms with Gasteiger partial charge >= 0.3 is 0 Å². The summed E-state index contributed by atoms with van der Waals surface area (Å²) >= 11 is 0. The van der Waals surface area contributed by atoms with Gasteiger partial charge in [0.2, 0.25) is 0 Å². The van der Waals surface area contributed by atoms with E-state index >= 15 is 0 Å². The zero-order valence-electron chi connectivity index (χ0n) is 110. The van der Waals surface area contributed by atoms with Crippen molar-refractivity contribution in [3.8, 4) is 122 Å². The third-order valence-electron chi connectivity index (χ3n) is 27.6. The predicted octanol–water partition coefficient (Wildman–Crippen LogP) is 41.2. The van der Waals surface area contributed by atoms with E-state index in [1.54, 1.807) is 48.5 Å². The maximum absolute atomic E-state index is 9.21. The molecule has 680 valence electrons. The Morgan fingerprint density at radius 1 is 0.0959 bits per heavy atom.